The van der Waals surface area contributed by atoms with Crippen molar-refractivity contribution in [2.24, 2.45) is 5.92 Å². The first-order chi connectivity index (χ1) is 11.1. The molecule has 0 spiro atoms. The second-order valence-corrected chi connectivity index (χ2v) is 6.17. The van der Waals surface area contributed by atoms with E-state index in [1.807, 2.05) is 42.6 Å². The van der Waals surface area contributed by atoms with Crippen LogP contribution in [0.2, 0.25) is 0 Å². The van der Waals surface area contributed by atoms with Crippen LogP contribution in [-0.2, 0) is 6.54 Å². The van der Waals surface area contributed by atoms with Gasteiger partial charge in [0.05, 0.1) is 7.11 Å². The highest BCUT2D eigenvalue weighted by Crippen LogP contribution is 2.25. The fourth-order valence-electron chi connectivity index (χ4n) is 2.89. The van der Waals surface area contributed by atoms with Crippen LogP contribution in [-0.4, -0.2) is 17.5 Å². The van der Waals surface area contributed by atoms with Crippen molar-refractivity contribution in [3.63, 3.8) is 0 Å². The summed E-state index contributed by atoms with van der Waals surface area (Å²) >= 11 is 0. The predicted molar refractivity (Wildman–Crippen MR) is 93.2 cm³/mol. The van der Waals surface area contributed by atoms with Crippen LogP contribution in [0.15, 0.2) is 54.7 Å². The van der Waals surface area contributed by atoms with Gasteiger partial charge in [-0.2, -0.15) is 0 Å². The molecule has 1 heterocycles. The molecule has 0 fully saturated rings. The number of ether oxygens (including phenoxy) is 1. The van der Waals surface area contributed by atoms with Gasteiger partial charge in [0.25, 0.3) is 0 Å². The molecule has 3 aromatic rings. The molecule has 0 amide bonds. The van der Waals surface area contributed by atoms with Gasteiger partial charge >= 0.3 is 0 Å². The lowest BCUT2D eigenvalue weighted by Gasteiger charge is -2.07. The molecule has 3 rings (SSSR count). The number of fused-ring (bicyclic) bond motifs is 1. The molecule has 0 atom stereocenters. The van der Waals surface area contributed by atoms with Crippen molar-refractivity contribution in [2.45, 2.75) is 20.4 Å². The van der Waals surface area contributed by atoms with Gasteiger partial charge in [-0.3, -0.25) is 4.79 Å². The molecular formula is C20H21NO2. The molecule has 23 heavy (non-hydrogen) atoms. The number of hydrogen-bond acceptors (Lipinski definition) is 2. The summed E-state index contributed by atoms with van der Waals surface area (Å²) in [5, 5.41) is 1.00. The molecule has 0 radical (unpaired) electrons. The van der Waals surface area contributed by atoms with E-state index in [9.17, 15) is 4.79 Å². The van der Waals surface area contributed by atoms with Crippen molar-refractivity contribution in [2.75, 3.05) is 7.11 Å². The molecule has 3 heteroatoms. The van der Waals surface area contributed by atoms with Gasteiger partial charge in [-0.15, -0.1) is 0 Å². The van der Waals surface area contributed by atoms with Crippen LogP contribution in [0.5, 0.6) is 5.75 Å². The van der Waals surface area contributed by atoms with Crippen molar-refractivity contribution in [1.82, 2.24) is 4.57 Å². The Hall–Kier alpha value is -2.55. The molecule has 0 unspecified atom stereocenters. The van der Waals surface area contributed by atoms with E-state index in [1.54, 1.807) is 13.2 Å². The fraction of sp³-hybridized carbons (Fsp3) is 0.250. The normalized spacial score (nSPS) is 11.1. The average Bonchev–Trinajstić information content (AvgIpc) is 2.92. The van der Waals surface area contributed by atoms with Crippen LogP contribution < -0.4 is 4.74 Å². The summed E-state index contributed by atoms with van der Waals surface area (Å²) < 4.78 is 7.40. The predicted octanol–water partition coefficient (Wildman–Crippen LogP) is 4.54. The summed E-state index contributed by atoms with van der Waals surface area (Å²) in [4.78, 5) is 13.0. The third kappa shape index (κ3) is 3.00. The number of methoxy groups -OCH3 is 1. The standard InChI is InChI=1S/C20H21NO2/c1-14(2)12-21-13-18(17-9-4-5-10-19(17)21)20(22)15-7-6-8-16(11-15)23-3/h4-11,13-14H,12H2,1-3H3. The third-order valence-electron chi connectivity index (χ3n) is 3.93. The maximum atomic E-state index is 13.0. The quantitative estimate of drug-likeness (QED) is 0.648. The second-order valence-electron chi connectivity index (χ2n) is 6.17. The monoisotopic (exact) mass is 307 g/mol. The van der Waals surface area contributed by atoms with E-state index in [1.165, 1.54) is 0 Å². The molecule has 0 N–H and O–H groups in total. The van der Waals surface area contributed by atoms with E-state index < -0.39 is 0 Å². The zero-order chi connectivity index (χ0) is 16.4. The number of carbonyl (C=O) groups excluding carboxylic acids is 1. The molecule has 3 nitrogen and oxygen atoms in total. The second kappa shape index (κ2) is 6.29. The van der Waals surface area contributed by atoms with Gasteiger partial charge in [0.2, 0.25) is 0 Å². The number of nitrogens with zero attached hydrogens (tertiary/aromatic N) is 1. The Morgan fingerprint density at radius 1 is 1.13 bits per heavy atom. The van der Waals surface area contributed by atoms with Crippen LogP contribution in [0.3, 0.4) is 0 Å². The first kappa shape index (κ1) is 15.3. The lowest BCUT2D eigenvalue weighted by molar-refractivity contribution is 0.103. The maximum absolute atomic E-state index is 13.0. The number of para-hydroxylation sites is 1. The average molecular weight is 307 g/mol. The summed E-state index contributed by atoms with van der Waals surface area (Å²) in [7, 11) is 1.61. The summed E-state index contributed by atoms with van der Waals surface area (Å²) in [6.07, 6.45) is 1.98. The molecule has 2 aromatic carbocycles. The van der Waals surface area contributed by atoms with Crippen molar-refractivity contribution >= 4 is 16.7 Å². The minimum atomic E-state index is 0.0302. The largest absolute Gasteiger partial charge is 0.497 e. The molecule has 0 saturated carbocycles. The topological polar surface area (TPSA) is 31.2 Å². The molecule has 0 aliphatic carbocycles. The minimum Gasteiger partial charge on any atom is -0.497 e. The fourth-order valence-corrected chi connectivity index (χ4v) is 2.89. The lowest BCUT2D eigenvalue weighted by atomic mass is 10.0. The van der Waals surface area contributed by atoms with E-state index in [4.69, 9.17) is 4.74 Å². The molecule has 0 aliphatic heterocycles. The van der Waals surface area contributed by atoms with Crippen LogP contribution in [0.4, 0.5) is 0 Å². The molecule has 0 aliphatic rings. The number of ketones is 1. The zero-order valence-electron chi connectivity index (χ0n) is 13.7. The van der Waals surface area contributed by atoms with E-state index in [0.29, 0.717) is 17.2 Å². The van der Waals surface area contributed by atoms with Crippen molar-refractivity contribution in [3.8, 4) is 5.75 Å². The Morgan fingerprint density at radius 3 is 2.65 bits per heavy atom. The zero-order valence-corrected chi connectivity index (χ0v) is 13.7. The van der Waals surface area contributed by atoms with Crippen LogP contribution in [0.25, 0.3) is 10.9 Å². The maximum Gasteiger partial charge on any atom is 0.195 e. The van der Waals surface area contributed by atoms with Crippen LogP contribution in [0, 0.1) is 5.92 Å². The lowest BCUT2D eigenvalue weighted by Crippen LogP contribution is -2.04. The Morgan fingerprint density at radius 2 is 1.91 bits per heavy atom. The van der Waals surface area contributed by atoms with Gasteiger partial charge in [-0.05, 0) is 24.1 Å². The van der Waals surface area contributed by atoms with Gasteiger partial charge in [0.1, 0.15) is 5.75 Å². The smallest absolute Gasteiger partial charge is 0.195 e. The van der Waals surface area contributed by atoms with Gasteiger partial charge in [-0.25, -0.2) is 0 Å². The third-order valence-corrected chi connectivity index (χ3v) is 3.93. The van der Waals surface area contributed by atoms with Gasteiger partial charge in [0.15, 0.2) is 5.78 Å². The Bertz CT molecular complexity index is 846. The van der Waals surface area contributed by atoms with Crippen molar-refractivity contribution < 1.29 is 9.53 Å². The highest BCUT2D eigenvalue weighted by molar-refractivity contribution is 6.16. The molecule has 118 valence electrons. The molecule has 0 saturated heterocycles. The molecular weight excluding hydrogens is 286 g/mol. The number of hydrogen-bond donors (Lipinski definition) is 0. The highest BCUT2D eigenvalue weighted by Gasteiger charge is 2.17. The number of aromatic nitrogens is 1. The number of carbonyl (C=O) groups is 1. The SMILES string of the molecule is COc1cccc(C(=O)c2cn(CC(C)C)c3ccccc23)c1. The highest BCUT2D eigenvalue weighted by atomic mass is 16.5. The molecule has 0 bridgehead atoms. The number of rotatable bonds is 5. The van der Waals surface area contributed by atoms with E-state index >= 15 is 0 Å². The first-order valence-corrected chi connectivity index (χ1v) is 7.86. The Kier molecular flexibility index (Phi) is 4.20. The number of benzene rings is 2. The van der Waals surface area contributed by atoms with Crippen LogP contribution >= 0.6 is 0 Å². The summed E-state index contributed by atoms with van der Waals surface area (Å²) in [6.45, 7) is 5.25. The van der Waals surface area contributed by atoms with Crippen molar-refractivity contribution in [3.05, 3.63) is 65.9 Å². The van der Waals surface area contributed by atoms with E-state index in [-0.39, 0.29) is 5.78 Å². The molecule has 1 aromatic heterocycles. The Labute approximate surface area is 136 Å². The summed E-state index contributed by atoms with van der Waals surface area (Å²) in [6, 6.07) is 15.4. The Balaban J connectivity index is 2.10. The van der Waals surface area contributed by atoms with Gasteiger partial charge < -0.3 is 9.30 Å². The van der Waals surface area contributed by atoms with Crippen molar-refractivity contribution in [1.29, 1.82) is 0 Å². The summed E-state index contributed by atoms with van der Waals surface area (Å²) in [5.74, 6) is 1.25. The van der Waals surface area contributed by atoms with E-state index in [0.717, 1.165) is 23.0 Å². The van der Waals surface area contributed by atoms with E-state index in [2.05, 4.69) is 24.5 Å². The van der Waals surface area contributed by atoms with Gasteiger partial charge in [-0.1, -0.05) is 44.2 Å². The first-order valence-electron chi connectivity index (χ1n) is 7.86. The van der Waals surface area contributed by atoms with Crippen LogP contribution in [0.1, 0.15) is 29.8 Å². The van der Waals surface area contributed by atoms with Gasteiger partial charge in [0, 0.05) is 34.8 Å². The summed E-state index contributed by atoms with van der Waals surface area (Å²) in [5.41, 5.74) is 2.50. The minimum absolute atomic E-state index is 0.0302.